The normalized spacial score (nSPS) is 12.0. The summed E-state index contributed by atoms with van der Waals surface area (Å²) in [6.07, 6.45) is -3.99. The lowest BCUT2D eigenvalue weighted by Crippen LogP contribution is -2.38. The van der Waals surface area contributed by atoms with Gasteiger partial charge in [-0.3, -0.25) is 0 Å². The summed E-state index contributed by atoms with van der Waals surface area (Å²) in [5, 5.41) is 7.70. The molecule has 0 aromatic carbocycles. The second-order valence-electron chi connectivity index (χ2n) is 5.43. The summed E-state index contributed by atoms with van der Waals surface area (Å²) in [4.78, 5) is 8.08. The Balaban J connectivity index is 0.00000338. The molecule has 0 saturated carbocycles. The molecular weight excluding hydrogens is 480 g/mol. The van der Waals surface area contributed by atoms with Crippen LogP contribution in [0.25, 0.3) is 0 Å². The molecule has 2 rings (SSSR count). The highest BCUT2D eigenvalue weighted by atomic mass is 127. The first-order chi connectivity index (χ1) is 11.8. The van der Waals surface area contributed by atoms with Crippen molar-refractivity contribution >= 4 is 41.3 Å². The number of furan rings is 1. The van der Waals surface area contributed by atoms with Gasteiger partial charge in [0.15, 0.2) is 11.7 Å². The molecule has 2 heterocycles. The van der Waals surface area contributed by atoms with Crippen LogP contribution in [0.1, 0.15) is 34.7 Å². The molecule has 26 heavy (non-hydrogen) atoms. The maximum atomic E-state index is 12.5. The van der Waals surface area contributed by atoms with Crippen molar-refractivity contribution in [1.29, 1.82) is 0 Å². The smallest absolute Gasteiger partial charge is 0.434 e. The minimum absolute atomic E-state index is 0. The van der Waals surface area contributed by atoms with Crippen LogP contribution in [0.3, 0.4) is 0 Å². The third kappa shape index (κ3) is 6.78. The maximum absolute atomic E-state index is 12.5. The van der Waals surface area contributed by atoms with Gasteiger partial charge in [0.25, 0.3) is 0 Å². The Morgan fingerprint density at radius 1 is 1.31 bits per heavy atom. The largest absolute Gasteiger partial charge is 0.466 e. The lowest BCUT2D eigenvalue weighted by Gasteiger charge is -2.10. The molecule has 0 aliphatic carbocycles. The zero-order valence-corrected chi connectivity index (χ0v) is 17.9. The summed E-state index contributed by atoms with van der Waals surface area (Å²) in [5.41, 5.74) is 0.170. The van der Waals surface area contributed by atoms with Crippen molar-refractivity contribution in [3.8, 4) is 0 Å². The molecule has 2 aromatic heterocycles. The number of rotatable bonds is 6. The van der Waals surface area contributed by atoms with Crippen molar-refractivity contribution in [2.75, 3.05) is 13.1 Å². The highest BCUT2D eigenvalue weighted by Gasteiger charge is 2.33. The second-order valence-corrected chi connectivity index (χ2v) is 6.38. The predicted octanol–water partition coefficient (Wildman–Crippen LogP) is 4.29. The van der Waals surface area contributed by atoms with Gasteiger partial charge in [-0.1, -0.05) is 0 Å². The number of halogens is 4. The van der Waals surface area contributed by atoms with Crippen LogP contribution in [0.2, 0.25) is 0 Å². The van der Waals surface area contributed by atoms with Gasteiger partial charge in [0.05, 0.1) is 11.6 Å². The van der Waals surface area contributed by atoms with E-state index in [1.165, 1.54) is 0 Å². The minimum Gasteiger partial charge on any atom is -0.466 e. The van der Waals surface area contributed by atoms with Crippen molar-refractivity contribution in [2.24, 2.45) is 4.99 Å². The first-order valence-electron chi connectivity index (χ1n) is 7.89. The molecule has 2 aromatic rings. The lowest BCUT2D eigenvalue weighted by molar-refractivity contribution is -0.140. The molecule has 0 unspecified atom stereocenters. The van der Waals surface area contributed by atoms with Gasteiger partial charge in [-0.05, 0) is 26.8 Å². The van der Waals surface area contributed by atoms with E-state index in [9.17, 15) is 13.2 Å². The number of guanidine groups is 1. The molecule has 0 bridgehead atoms. The third-order valence-electron chi connectivity index (χ3n) is 3.37. The van der Waals surface area contributed by atoms with Crippen LogP contribution in [0.4, 0.5) is 13.2 Å². The Hall–Kier alpha value is -1.30. The molecule has 0 aliphatic rings. The monoisotopic (exact) mass is 502 g/mol. The lowest BCUT2D eigenvalue weighted by atomic mass is 10.2. The molecule has 0 saturated heterocycles. The van der Waals surface area contributed by atoms with Crippen molar-refractivity contribution < 1.29 is 17.6 Å². The number of hydrogen-bond donors (Lipinski definition) is 2. The van der Waals surface area contributed by atoms with Gasteiger partial charge in [-0.25, -0.2) is 9.98 Å². The number of aryl methyl sites for hydroxylation is 2. The van der Waals surface area contributed by atoms with Crippen molar-refractivity contribution in [1.82, 2.24) is 15.6 Å². The highest BCUT2D eigenvalue weighted by Crippen LogP contribution is 2.29. The number of aliphatic imine (C=N–C) groups is 1. The van der Waals surface area contributed by atoms with E-state index in [0.29, 0.717) is 37.0 Å². The average molecular weight is 502 g/mol. The molecular formula is C16H22F3IN4OS. The Morgan fingerprint density at radius 2 is 2.04 bits per heavy atom. The van der Waals surface area contributed by atoms with E-state index in [-0.39, 0.29) is 24.0 Å². The Morgan fingerprint density at radius 3 is 2.58 bits per heavy atom. The molecule has 0 aliphatic heterocycles. The summed E-state index contributed by atoms with van der Waals surface area (Å²) in [6, 6.07) is 1.94. The van der Waals surface area contributed by atoms with Crippen molar-refractivity contribution in [2.45, 2.75) is 39.9 Å². The zero-order valence-electron chi connectivity index (χ0n) is 14.7. The predicted molar refractivity (Wildman–Crippen MR) is 107 cm³/mol. The molecule has 0 spiro atoms. The van der Waals surface area contributed by atoms with Crippen molar-refractivity contribution in [3.63, 3.8) is 0 Å². The number of aromatic nitrogens is 1. The number of nitrogens with one attached hydrogen (secondary N) is 2. The van der Waals surface area contributed by atoms with Crippen LogP contribution < -0.4 is 10.6 Å². The van der Waals surface area contributed by atoms with Gasteiger partial charge in [0.2, 0.25) is 0 Å². The van der Waals surface area contributed by atoms with Crippen molar-refractivity contribution in [3.05, 3.63) is 39.2 Å². The van der Waals surface area contributed by atoms with E-state index < -0.39 is 11.9 Å². The van der Waals surface area contributed by atoms with Gasteiger partial charge in [0, 0.05) is 30.5 Å². The van der Waals surface area contributed by atoms with E-state index in [0.717, 1.165) is 33.8 Å². The van der Waals surface area contributed by atoms with Gasteiger partial charge < -0.3 is 15.1 Å². The molecule has 5 nitrogen and oxygen atoms in total. The molecule has 0 radical (unpaired) electrons. The Kier molecular flexibility index (Phi) is 8.87. The van der Waals surface area contributed by atoms with Crippen LogP contribution in [-0.4, -0.2) is 24.0 Å². The zero-order chi connectivity index (χ0) is 18.4. The first kappa shape index (κ1) is 22.7. The SMILES string of the molecule is CCNC(=NCc1cc(C)oc1C)NCCc1nc(C(F)(F)F)cs1.I. The van der Waals surface area contributed by atoms with E-state index in [1.807, 2.05) is 26.8 Å². The van der Waals surface area contributed by atoms with E-state index in [1.54, 1.807) is 0 Å². The van der Waals surface area contributed by atoms with Crippen LogP contribution >= 0.6 is 35.3 Å². The summed E-state index contributed by atoms with van der Waals surface area (Å²) in [6.45, 7) is 7.31. The fourth-order valence-corrected chi connectivity index (χ4v) is 3.00. The standard InChI is InChI=1S/C16H21F3N4OS.HI/c1-4-20-15(22-8-12-7-10(2)24-11(12)3)21-6-5-14-23-13(9-25-14)16(17,18)19;/h7,9H,4-6,8H2,1-3H3,(H2,20,21,22);1H. The topological polar surface area (TPSA) is 62.5 Å². The summed E-state index contributed by atoms with van der Waals surface area (Å²) >= 11 is 1.01. The summed E-state index contributed by atoms with van der Waals surface area (Å²) in [5.74, 6) is 2.28. The average Bonchev–Trinajstić information content (AvgIpc) is 3.11. The minimum atomic E-state index is -4.39. The molecule has 0 atom stereocenters. The van der Waals surface area contributed by atoms with E-state index in [4.69, 9.17) is 4.42 Å². The van der Waals surface area contributed by atoms with Crippen LogP contribution in [-0.2, 0) is 19.1 Å². The molecule has 2 N–H and O–H groups in total. The summed E-state index contributed by atoms with van der Waals surface area (Å²) < 4.78 is 43.1. The van der Waals surface area contributed by atoms with Gasteiger partial charge >= 0.3 is 6.18 Å². The number of nitrogens with zero attached hydrogens (tertiary/aromatic N) is 2. The van der Waals surface area contributed by atoms with E-state index in [2.05, 4.69) is 20.6 Å². The summed E-state index contributed by atoms with van der Waals surface area (Å²) in [7, 11) is 0. The van der Waals surface area contributed by atoms with Crippen LogP contribution in [0, 0.1) is 13.8 Å². The van der Waals surface area contributed by atoms with Crippen LogP contribution in [0.15, 0.2) is 20.9 Å². The molecule has 10 heteroatoms. The van der Waals surface area contributed by atoms with Gasteiger partial charge in [0.1, 0.15) is 11.5 Å². The van der Waals surface area contributed by atoms with E-state index >= 15 is 0 Å². The van der Waals surface area contributed by atoms with Crippen LogP contribution in [0.5, 0.6) is 0 Å². The third-order valence-corrected chi connectivity index (χ3v) is 4.28. The van der Waals surface area contributed by atoms with Gasteiger partial charge in [-0.15, -0.1) is 35.3 Å². The first-order valence-corrected chi connectivity index (χ1v) is 8.77. The number of thiazole rings is 1. The fourth-order valence-electron chi connectivity index (χ4n) is 2.19. The second kappa shape index (κ2) is 10.1. The molecule has 0 fully saturated rings. The molecule has 146 valence electrons. The quantitative estimate of drug-likeness (QED) is 0.352. The number of hydrogen-bond acceptors (Lipinski definition) is 4. The highest BCUT2D eigenvalue weighted by molar-refractivity contribution is 14.0. The fraction of sp³-hybridized carbons (Fsp3) is 0.500. The number of alkyl halides is 3. The van der Waals surface area contributed by atoms with Gasteiger partial charge in [-0.2, -0.15) is 13.2 Å². The Bertz CT molecular complexity index is 727. The maximum Gasteiger partial charge on any atom is 0.434 e. The Labute approximate surface area is 171 Å². The molecule has 0 amide bonds.